The third kappa shape index (κ3) is 2.71. The highest BCUT2D eigenvalue weighted by molar-refractivity contribution is 7.89. The molecule has 3 rings (SSSR count). The molecule has 0 saturated heterocycles. The maximum atomic E-state index is 12.8. The number of sulfonamides is 1. The largest absolute Gasteiger partial charge is 0.496 e. The molecular formula is C15H16N2O5S. The summed E-state index contributed by atoms with van der Waals surface area (Å²) in [4.78, 5) is 11.2. The van der Waals surface area contributed by atoms with Gasteiger partial charge in [0.25, 0.3) is 0 Å². The zero-order chi connectivity index (χ0) is 16.6. The summed E-state index contributed by atoms with van der Waals surface area (Å²) in [5, 5.41) is 9.21. The molecule has 0 spiro atoms. The van der Waals surface area contributed by atoms with E-state index in [9.17, 15) is 18.3 Å². The number of hydrogen-bond donors (Lipinski definition) is 1. The fraction of sp³-hybridized carbons (Fsp3) is 0.267. The van der Waals surface area contributed by atoms with E-state index in [1.807, 2.05) is 22.9 Å². The zero-order valence-electron chi connectivity index (χ0n) is 12.5. The minimum absolute atomic E-state index is 0.0456. The Labute approximate surface area is 133 Å². The van der Waals surface area contributed by atoms with Crippen molar-refractivity contribution in [3.8, 4) is 5.75 Å². The van der Waals surface area contributed by atoms with Gasteiger partial charge in [-0.05, 0) is 30.3 Å². The van der Waals surface area contributed by atoms with Crippen LogP contribution in [0.25, 0.3) is 0 Å². The predicted molar refractivity (Wildman–Crippen MR) is 82.0 cm³/mol. The number of carbonyl (C=O) groups is 1. The van der Waals surface area contributed by atoms with Crippen LogP contribution in [-0.2, 0) is 23.1 Å². The number of nitrogens with zero attached hydrogens (tertiary/aromatic N) is 2. The van der Waals surface area contributed by atoms with Gasteiger partial charge in [-0.3, -0.25) is 0 Å². The number of ether oxygens (including phenoxy) is 1. The monoisotopic (exact) mass is 336 g/mol. The van der Waals surface area contributed by atoms with Crippen LogP contribution >= 0.6 is 0 Å². The maximum absolute atomic E-state index is 12.8. The summed E-state index contributed by atoms with van der Waals surface area (Å²) in [6.45, 7) is 1.19. The molecule has 8 heteroatoms. The average Bonchev–Trinajstić information content (AvgIpc) is 3.01. The second-order valence-corrected chi connectivity index (χ2v) is 7.14. The third-order valence-corrected chi connectivity index (χ3v) is 5.73. The van der Waals surface area contributed by atoms with Crippen molar-refractivity contribution in [3.05, 3.63) is 47.8 Å². The lowest BCUT2D eigenvalue weighted by Crippen LogP contribution is -2.37. The summed E-state index contributed by atoms with van der Waals surface area (Å²) in [5.74, 6) is -1.10. The fourth-order valence-electron chi connectivity index (χ4n) is 2.66. The van der Waals surface area contributed by atoms with E-state index in [4.69, 9.17) is 4.74 Å². The van der Waals surface area contributed by atoms with Gasteiger partial charge in [0.1, 0.15) is 11.3 Å². The zero-order valence-corrected chi connectivity index (χ0v) is 13.3. The number of hydrogen-bond acceptors (Lipinski definition) is 4. The lowest BCUT2D eigenvalue weighted by molar-refractivity contribution is 0.0693. The Balaban J connectivity index is 1.97. The van der Waals surface area contributed by atoms with E-state index in [-0.39, 0.29) is 22.8 Å². The smallest absolute Gasteiger partial charge is 0.339 e. The molecule has 0 aliphatic carbocycles. The summed E-state index contributed by atoms with van der Waals surface area (Å²) in [7, 11) is -2.42. The first kappa shape index (κ1) is 15.6. The molecule has 7 nitrogen and oxygen atoms in total. The van der Waals surface area contributed by atoms with E-state index in [2.05, 4.69) is 0 Å². The van der Waals surface area contributed by atoms with Crippen LogP contribution in [-0.4, -0.2) is 42.0 Å². The van der Waals surface area contributed by atoms with Crippen LogP contribution in [0, 0.1) is 0 Å². The van der Waals surface area contributed by atoms with Crippen molar-refractivity contribution in [1.82, 2.24) is 8.87 Å². The van der Waals surface area contributed by atoms with Gasteiger partial charge in [0.05, 0.1) is 18.6 Å². The first-order valence-corrected chi connectivity index (χ1v) is 8.43. The first-order valence-electron chi connectivity index (χ1n) is 6.99. The molecule has 1 N–H and O–H groups in total. The van der Waals surface area contributed by atoms with Crippen LogP contribution in [0.3, 0.4) is 0 Å². The van der Waals surface area contributed by atoms with Gasteiger partial charge in [-0.25, -0.2) is 13.2 Å². The van der Waals surface area contributed by atoms with Crippen LogP contribution in [0.2, 0.25) is 0 Å². The fourth-order valence-corrected chi connectivity index (χ4v) is 4.09. The summed E-state index contributed by atoms with van der Waals surface area (Å²) in [5.41, 5.74) is 0.737. The molecule has 1 aromatic carbocycles. The number of methoxy groups -OCH3 is 1. The van der Waals surface area contributed by atoms with Gasteiger partial charge in [-0.1, -0.05) is 0 Å². The Hall–Kier alpha value is -2.32. The predicted octanol–water partition coefficient (Wildman–Crippen LogP) is 1.40. The number of rotatable bonds is 4. The Morgan fingerprint density at radius 2 is 2.04 bits per heavy atom. The molecule has 23 heavy (non-hydrogen) atoms. The first-order chi connectivity index (χ1) is 10.9. The molecule has 0 atom stereocenters. The molecule has 1 aliphatic rings. The van der Waals surface area contributed by atoms with E-state index in [0.717, 1.165) is 11.8 Å². The van der Waals surface area contributed by atoms with Crippen LogP contribution in [0.4, 0.5) is 0 Å². The molecule has 2 aromatic rings. The minimum atomic E-state index is -3.76. The van der Waals surface area contributed by atoms with Gasteiger partial charge in [0.15, 0.2) is 0 Å². The van der Waals surface area contributed by atoms with Gasteiger partial charge in [0, 0.05) is 25.0 Å². The number of aromatic nitrogens is 1. The van der Waals surface area contributed by atoms with Crippen molar-refractivity contribution in [3.63, 3.8) is 0 Å². The second-order valence-electron chi connectivity index (χ2n) is 5.20. The highest BCUT2D eigenvalue weighted by Gasteiger charge is 2.29. The van der Waals surface area contributed by atoms with Crippen molar-refractivity contribution >= 4 is 16.0 Å². The minimum Gasteiger partial charge on any atom is -0.496 e. The van der Waals surface area contributed by atoms with Gasteiger partial charge in [0.2, 0.25) is 10.0 Å². The van der Waals surface area contributed by atoms with E-state index < -0.39 is 16.0 Å². The van der Waals surface area contributed by atoms with Crippen LogP contribution in [0.5, 0.6) is 5.75 Å². The topological polar surface area (TPSA) is 88.8 Å². The van der Waals surface area contributed by atoms with Crippen molar-refractivity contribution in [2.75, 3.05) is 13.7 Å². The van der Waals surface area contributed by atoms with Crippen molar-refractivity contribution in [2.45, 2.75) is 18.0 Å². The average molecular weight is 336 g/mol. The Morgan fingerprint density at radius 1 is 1.26 bits per heavy atom. The highest BCUT2D eigenvalue weighted by atomic mass is 32.2. The molecule has 0 bridgehead atoms. The number of aromatic carboxylic acids is 1. The number of carboxylic acids is 1. The van der Waals surface area contributed by atoms with Crippen molar-refractivity contribution in [2.24, 2.45) is 0 Å². The summed E-state index contributed by atoms with van der Waals surface area (Å²) in [6.07, 6.45) is 1.91. The third-order valence-electron chi connectivity index (χ3n) is 3.89. The van der Waals surface area contributed by atoms with Crippen LogP contribution in [0.15, 0.2) is 41.4 Å². The lowest BCUT2D eigenvalue weighted by atomic mass is 10.2. The van der Waals surface area contributed by atoms with E-state index >= 15 is 0 Å². The van der Waals surface area contributed by atoms with E-state index in [1.54, 1.807) is 0 Å². The second kappa shape index (κ2) is 5.71. The normalized spacial score (nSPS) is 15.2. The van der Waals surface area contributed by atoms with E-state index in [1.165, 1.54) is 23.5 Å². The van der Waals surface area contributed by atoms with Crippen molar-refractivity contribution < 1.29 is 23.1 Å². The molecule has 2 heterocycles. The lowest BCUT2D eigenvalue weighted by Gasteiger charge is -2.28. The van der Waals surface area contributed by atoms with E-state index in [0.29, 0.717) is 13.1 Å². The summed E-state index contributed by atoms with van der Waals surface area (Å²) in [6, 6.07) is 7.63. The maximum Gasteiger partial charge on any atom is 0.339 e. The Morgan fingerprint density at radius 3 is 2.74 bits per heavy atom. The standard InChI is InChI=1S/C15H16N2O5S/c1-22-14-5-4-12(9-13(14)15(18)19)23(20,21)17-8-7-16-6-2-3-11(16)10-17/h2-6,9H,7-8,10H2,1H3,(H,18,19). The molecule has 0 unspecified atom stereocenters. The quantitative estimate of drug-likeness (QED) is 0.912. The van der Waals surface area contributed by atoms with Gasteiger partial charge in [-0.15, -0.1) is 0 Å². The molecule has 122 valence electrons. The van der Waals surface area contributed by atoms with Gasteiger partial charge >= 0.3 is 5.97 Å². The molecule has 0 radical (unpaired) electrons. The molecular weight excluding hydrogens is 320 g/mol. The molecule has 1 aromatic heterocycles. The SMILES string of the molecule is COc1ccc(S(=O)(=O)N2CCn3cccc3C2)cc1C(=O)O. The molecule has 0 fully saturated rings. The highest BCUT2D eigenvalue weighted by Crippen LogP contribution is 2.26. The summed E-state index contributed by atoms with van der Waals surface area (Å²) < 4.78 is 33.9. The summed E-state index contributed by atoms with van der Waals surface area (Å²) >= 11 is 0. The Kier molecular flexibility index (Phi) is 3.87. The number of benzene rings is 1. The van der Waals surface area contributed by atoms with Crippen LogP contribution in [0.1, 0.15) is 16.1 Å². The molecule has 0 saturated carbocycles. The number of fused-ring (bicyclic) bond motifs is 1. The molecule has 0 amide bonds. The Bertz CT molecular complexity index is 857. The van der Waals surface area contributed by atoms with Gasteiger partial charge < -0.3 is 14.4 Å². The van der Waals surface area contributed by atoms with Crippen molar-refractivity contribution in [1.29, 1.82) is 0 Å². The number of carboxylic acid groups (broad SMARTS) is 1. The van der Waals surface area contributed by atoms with Crippen LogP contribution < -0.4 is 4.74 Å². The molecule has 1 aliphatic heterocycles. The van der Waals surface area contributed by atoms with Gasteiger partial charge in [-0.2, -0.15) is 4.31 Å².